The molecule has 0 aliphatic carbocycles. The van der Waals surface area contributed by atoms with E-state index in [0.29, 0.717) is 18.0 Å². The molecule has 214 valence electrons. The smallest absolute Gasteiger partial charge is 0.244 e. The van der Waals surface area contributed by atoms with Gasteiger partial charge in [0.2, 0.25) is 21.8 Å². The number of benzene rings is 3. The van der Waals surface area contributed by atoms with Crippen molar-refractivity contribution in [1.82, 2.24) is 10.2 Å². The van der Waals surface area contributed by atoms with Gasteiger partial charge in [0.15, 0.2) is 0 Å². The van der Waals surface area contributed by atoms with Crippen LogP contribution in [0, 0.1) is 6.92 Å². The molecule has 0 aliphatic heterocycles. The topological polar surface area (TPSA) is 96.0 Å². The number of rotatable bonds is 11. The maximum absolute atomic E-state index is 13.7. The van der Waals surface area contributed by atoms with Crippen molar-refractivity contribution < 1.29 is 22.7 Å². The van der Waals surface area contributed by atoms with Crippen LogP contribution in [0.15, 0.2) is 78.9 Å². The van der Waals surface area contributed by atoms with Crippen molar-refractivity contribution in [3.05, 3.63) is 95.6 Å². The van der Waals surface area contributed by atoms with Crippen LogP contribution in [0.2, 0.25) is 0 Å². The summed E-state index contributed by atoms with van der Waals surface area (Å²) < 4.78 is 32.5. The van der Waals surface area contributed by atoms with E-state index >= 15 is 0 Å². The summed E-state index contributed by atoms with van der Waals surface area (Å²) in [7, 11) is -3.82. The second-order valence-corrected chi connectivity index (χ2v) is 12.9. The van der Waals surface area contributed by atoms with E-state index in [1.54, 1.807) is 31.2 Å². The first-order chi connectivity index (χ1) is 18.7. The normalized spacial score (nSPS) is 12.3. The second-order valence-electron chi connectivity index (χ2n) is 11.0. The summed E-state index contributed by atoms with van der Waals surface area (Å²) in [6, 6.07) is 23.1. The van der Waals surface area contributed by atoms with Gasteiger partial charge in [-0.2, -0.15) is 0 Å². The minimum absolute atomic E-state index is 0.154. The summed E-state index contributed by atoms with van der Waals surface area (Å²) >= 11 is 0. The fraction of sp³-hybridized carbons (Fsp3) is 0.355. The molecule has 3 aromatic rings. The molecule has 0 saturated carbocycles. The van der Waals surface area contributed by atoms with Crippen molar-refractivity contribution in [2.75, 3.05) is 17.1 Å². The standard InChI is InChI=1S/C31H39N3O5S/c1-23-12-14-25(15-13-23)20-33(24(2)30(36)32-31(3,4)5)29(35)21-34(40(6,37)38)27-16-18-28(19-17-27)39-22-26-10-8-7-9-11-26/h7-19,24H,20-22H2,1-6H3,(H,32,36). The Balaban J connectivity index is 1.83. The van der Waals surface area contributed by atoms with Gasteiger partial charge in [0.05, 0.1) is 11.9 Å². The van der Waals surface area contributed by atoms with Gasteiger partial charge in [0, 0.05) is 12.1 Å². The Morgan fingerprint density at radius 3 is 2.05 bits per heavy atom. The van der Waals surface area contributed by atoms with Gasteiger partial charge in [-0.05, 0) is 70.0 Å². The third-order valence-corrected chi connectivity index (χ3v) is 7.33. The molecule has 1 atom stereocenters. The Kier molecular flexibility index (Phi) is 9.98. The van der Waals surface area contributed by atoms with Crippen molar-refractivity contribution >= 4 is 27.5 Å². The number of anilines is 1. The van der Waals surface area contributed by atoms with Crippen molar-refractivity contribution in [2.45, 2.75) is 59.4 Å². The van der Waals surface area contributed by atoms with Crippen LogP contribution in [0.4, 0.5) is 5.69 Å². The van der Waals surface area contributed by atoms with Gasteiger partial charge < -0.3 is 15.0 Å². The lowest BCUT2D eigenvalue weighted by molar-refractivity contribution is -0.140. The summed E-state index contributed by atoms with van der Waals surface area (Å²) in [5.74, 6) is -0.244. The molecule has 0 spiro atoms. The second kappa shape index (κ2) is 13.0. The average Bonchev–Trinajstić information content (AvgIpc) is 2.89. The lowest BCUT2D eigenvalue weighted by Crippen LogP contribution is -2.54. The van der Waals surface area contributed by atoms with Gasteiger partial charge in [-0.1, -0.05) is 60.2 Å². The highest BCUT2D eigenvalue weighted by molar-refractivity contribution is 7.92. The van der Waals surface area contributed by atoms with Gasteiger partial charge in [-0.15, -0.1) is 0 Å². The number of carbonyl (C=O) groups excluding carboxylic acids is 2. The van der Waals surface area contributed by atoms with Crippen LogP contribution in [-0.2, 0) is 32.8 Å². The Morgan fingerprint density at radius 2 is 1.50 bits per heavy atom. The lowest BCUT2D eigenvalue weighted by atomic mass is 10.1. The van der Waals surface area contributed by atoms with E-state index < -0.39 is 34.1 Å². The third kappa shape index (κ3) is 9.12. The van der Waals surface area contributed by atoms with Crippen LogP contribution in [0.5, 0.6) is 5.75 Å². The number of nitrogens with one attached hydrogen (secondary N) is 1. The van der Waals surface area contributed by atoms with Crippen molar-refractivity contribution in [1.29, 1.82) is 0 Å². The van der Waals surface area contributed by atoms with Crippen LogP contribution >= 0.6 is 0 Å². The number of aryl methyl sites for hydroxylation is 1. The molecule has 0 radical (unpaired) electrons. The maximum Gasteiger partial charge on any atom is 0.244 e. The average molecular weight is 566 g/mol. The van der Waals surface area contributed by atoms with Crippen molar-refractivity contribution in [3.8, 4) is 5.75 Å². The zero-order valence-electron chi connectivity index (χ0n) is 24.0. The summed E-state index contributed by atoms with van der Waals surface area (Å²) in [5, 5.41) is 2.92. The maximum atomic E-state index is 13.7. The molecule has 1 unspecified atom stereocenters. The SMILES string of the molecule is Cc1ccc(CN(C(=O)CN(c2ccc(OCc3ccccc3)cc2)S(C)(=O)=O)C(C)C(=O)NC(C)(C)C)cc1. The molecular weight excluding hydrogens is 526 g/mol. The summed E-state index contributed by atoms with van der Waals surface area (Å²) in [4.78, 5) is 28.2. The third-order valence-electron chi connectivity index (χ3n) is 6.19. The Morgan fingerprint density at radius 1 is 0.900 bits per heavy atom. The first-order valence-electron chi connectivity index (χ1n) is 13.1. The molecule has 0 fully saturated rings. The number of hydrogen-bond acceptors (Lipinski definition) is 5. The highest BCUT2D eigenvalue weighted by atomic mass is 32.2. The molecule has 0 saturated heterocycles. The Labute approximate surface area is 238 Å². The van der Waals surface area contributed by atoms with Crippen molar-refractivity contribution in [2.24, 2.45) is 0 Å². The summed E-state index contributed by atoms with van der Waals surface area (Å²) in [6.07, 6.45) is 1.06. The molecule has 8 nitrogen and oxygen atoms in total. The number of carbonyl (C=O) groups is 2. The van der Waals surface area contributed by atoms with E-state index in [1.807, 2.05) is 82.3 Å². The van der Waals surface area contributed by atoms with E-state index in [2.05, 4.69) is 5.32 Å². The Hall–Kier alpha value is -3.85. The summed E-state index contributed by atoms with van der Waals surface area (Å²) in [6.45, 7) is 9.28. The highest BCUT2D eigenvalue weighted by Crippen LogP contribution is 2.23. The molecule has 3 aromatic carbocycles. The van der Waals surface area contributed by atoms with E-state index in [-0.39, 0.29) is 12.5 Å². The summed E-state index contributed by atoms with van der Waals surface area (Å²) in [5.41, 5.74) is 2.74. The molecule has 3 rings (SSSR count). The predicted molar refractivity (Wildman–Crippen MR) is 158 cm³/mol. The van der Waals surface area contributed by atoms with Gasteiger partial charge in [0.25, 0.3) is 0 Å². The van der Waals surface area contributed by atoms with Crippen LogP contribution in [-0.4, -0.2) is 49.5 Å². The monoisotopic (exact) mass is 565 g/mol. The van der Waals surface area contributed by atoms with Gasteiger partial charge in [-0.3, -0.25) is 13.9 Å². The van der Waals surface area contributed by atoms with E-state index in [0.717, 1.165) is 27.3 Å². The molecule has 1 N–H and O–H groups in total. The highest BCUT2D eigenvalue weighted by Gasteiger charge is 2.31. The zero-order valence-corrected chi connectivity index (χ0v) is 24.9. The van der Waals surface area contributed by atoms with Gasteiger partial charge in [-0.25, -0.2) is 8.42 Å². The number of sulfonamides is 1. The van der Waals surface area contributed by atoms with Crippen LogP contribution in [0.25, 0.3) is 0 Å². The first kappa shape index (κ1) is 30.7. The minimum Gasteiger partial charge on any atom is -0.489 e. The van der Waals surface area contributed by atoms with Crippen molar-refractivity contribution in [3.63, 3.8) is 0 Å². The molecule has 0 aromatic heterocycles. The molecule has 0 heterocycles. The van der Waals surface area contributed by atoms with Crippen LogP contribution < -0.4 is 14.4 Å². The number of nitrogens with zero attached hydrogens (tertiary/aromatic N) is 2. The van der Waals surface area contributed by atoms with Crippen LogP contribution in [0.1, 0.15) is 44.4 Å². The molecule has 2 amide bonds. The molecular formula is C31H39N3O5S. The van der Waals surface area contributed by atoms with Gasteiger partial charge >= 0.3 is 0 Å². The predicted octanol–water partition coefficient (Wildman–Crippen LogP) is 4.67. The van der Waals surface area contributed by atoms with E-state index in [4.69, 9.17) is 4.74 Å². The van der Waals surface area contributed by atoms with E-state index in [1.165, 1.54) is 4.90 Å². The van der Waals surface area contributed by atoms with Crippen LogP contribution in [0.3, 0.4) is 0 Å². The molecule has 0 aliphatic rings. The first-order valence-corrected chi connectivity index (χ1v) is 15.0. The molecule has 9 heteroatoms. The number of hydrogen-bond donors (Lipinski definition) is 1. The number of amides is 2. The largest absolute Gasteiger partial charge is 0.489 e. The molecule has 0 bridgehead atoms. The zero-order chi connectivity index (χ0) is 29.5. The molecule has 40 heavy (non-hydrogen) atoms. The van der Waals surface area contributed by atoms with Gasteiger partial charge in [0.1, 0.15) is 24.9 Å². The minimum atomic E-state index is -3.82. The Bertz CT molecular complexity index is 1380. The quantitative estimate of drug-likeness (QED) is 0.365. The number of ether oxygens (including phenoxy) is 1. The fourth-order valence-electron chi connectivity index (χ4n) is 4.01. The van der Waals surface area contributed by atoms with E-state index in [9.17, 15) is 18.0 Å². The fourth-order valence-corrected chi connectivity index (χ4v) is 4.86. The lowest BCUT2D eigenvalue weighted by Gasteiger charge is -2.33.